The molecule has 0 aliphatic carbocycles. The van der Waals surface area contributed by atoms with Crippen molar-refractivity contribution in [3.63, 3.8) is 0 Å². The van der Waals surface area contributed by atoms with E-state index in [1.54, 1.807) is 11.0 Å². The van der Waals surface area contributed by atoms with Gasteiger partial charge in [0.25, 0.3) is 0 Å². The van der Waals surface area contributed by atoms with Gasteiger partial charge in [-0.25, -0.2) is 8.42 Å². The lowest BCUT2D eigenvalue weighted by atomic mass is 10.2. The van der Waals surface area contributed by atoms with Crippen LogP contribution in [0, 0.1) is 0 Å². The third kappa shape index (κ3) is 5.61. The number of sulfone groups is 1. The maximum Gasteiger partial charge on any atom is 0.246 e. The summed E-state index contributed by atoms with van der Waals surface area (Å²) in [6.45, 7) is 3.27. The Morgan fingerprint density at radius 1 is 1.14 bits per heavy atom. The van der Waals surface area contributed by atoms with Gasteiger partial charge >= 0.3 is 0 Å². The van der Waals surface area contributed by atoms with Crippen LogP contribution in [0.2, 0.25) is 0 Å². The fraction of sp³-hybridized carbons (Fsp3) is 0.438. The summed E-state index contributed by atoms with van der Waals surface area (Å²) in [5.41, 5.74) is 1.00. The lowest BCUT2D eigenvalue weighted by Gasteiger charge is -2.34. The predicted octanol–water partition coefficient (Wildman–Crippen LogP) is 0.889. The van der Waals surface area contributed by atoms with Crippen LogP contribution in [0.15, 0.2) is 36.4 Å². The van der Waals surface area contributed by atoms with E-state index in [9.17, 15) is 13.2 Å². The molecule has 22 heavy (non-hydrogen) atoms. The first-order valence-corrected chi connectivity index (χ1v) is 9.42. The third-order valence-electron chi connectivity index (χ3n) is 3.68. The predicted molar refractivity (Wildman–Crippen MR) is 88.2 cm³/mol. The third-order valence-corrected chi connectivity index (χ3v) is 4.60. The van der Waals surface area contributed by atoms with Gasteiger partial charge in [-0.3, -0.25) is 9.69 Å². The van der Waals surface area contributed by atoms with E-state index in [0.717, 1.165) is 18.7 Å². The molecule has 6 heteroatoms. The van der Waals surface area contributed by atoms with Crippen LogP contribution in [0.25, 0.3) is 6.08 Å². The number of carbonyl (C=O) groups is 1. The van der Waals surface area contributed by atoms with Gasteiger partial charge in [0.05, 0.1) is 5.75 Å². The Hall–Kier alpha value is -1.66. The highest BCUT2D eigenvalue weighted by atomic mass is 32.2. The van der Waals surface area contributed by atoms with E-state index in [1.165, 1.54) is 6.26 Å². The van der Waals surface area contributed by atoms with E-state index in [2.05, 4.69) is 4.90 Å². The van der Waals surface area contributed by atoms with Gasteiger partial charge in [-0.1, -0.05) is 30.3 Å². The van der Waals surface area contributed by atoms with Gasteiger partial charge in [0.1, 0.15) is 9.84 Å². The average molecular weight is 322 g/mol. The quantitative estimate of drug-likeness (QED) is 0.756. The molecule has 1 aromatic carbocycles. The Labute approximate surface area is 132 Å². The molecule has 0 atom stereocenters. The highest BCUT2D eigenvalue weighted by Crippen LogP contribution is 2.06. The van der Waals surface area contributed by atoms with Crippen molar-refractivity contribution < 1.29 is 13.2 Å². The van der Waals surface area contributed by atoms with Crippen molar-refractivity contribution in [2.45, 2.75) is 0 Å². The Kier molecular flexibility index (Phi) is 5.74. The van der Waals surface area contributed by atoms with Crippen molar-refractivity contribution in [1.29, 1.82) is 0 Å². The van der Waals surface area contributed by atoms with E-state index >= 15 is 0 Å². The van der Waals surface area contributed by atoms with Crippen LogP contribution < -0.4 is 0 Å². The molecule has 1 fully saturated rings. The molecule has 2 rings (SSSR count). The second kappa shape index (κ2) is 7.56. The number of nitrogens with zero attached hydrogens (tertiary/aromatic N) is 2. The molecule has 1 heterocycles. The molecule has 0 spiro atoms. The lowest BCUT2D eigenvalue weighted by molar-refractivity contribution is -0.127. The van der Waals surface area contributed by atoms with Crippen LogP contribution in [-0.2, 0) is 14.6 Å². The summed E-state index contributed by atoms with van der Waals surface area (Å²) in [5, 5.41) is 0. The van der Waals surface area contributed by atoms with Crippen LogP contribution in [0.3, 0.4) is 0 Å². The monoisotopic (exact) mass is 322 g/mol. The standard InChI is InChI=1S/C16H22N2O3S/c1-22(20,21)14-13-17-9-11-18(12-10-17)16(19)8-7-15-5-3-2-4-6-15/h2-8H,9-14H2,1H3/b8-7+. The largest absolute Gasteiger partial charge is 0.337 e. The molecule has 5 nitrogen and oxygen atoms in total. The van der Waals surface area contributed by atoms with Crippen molar-refractivity contribution in [2.75, 3.05) is 44.7 Å². The molecule has 1 aliphatic rings. The van der Waals surface area contributed by atoms with Gasteiger partial charge < -0.3 is 4.90 Å². The van der Waals surface area contributed by atoms with Gasteiger partial charge in [-0.15, -0.1) is 0 Å². The minimum atomic E-state index is -2.93. The summed E-state index contributed by atoms with van der Waals surface area (Å²) in [6.07, 6.45) is 4.67. The molecule has 1 aromatic rings. The van der Waals surface area contributed by atoms with Gasteiger partial charge in [0, 0.05) is 45.1 Å². The van der Waals surface area contributed by atoms with E-state index < -0.39 is 9.84 Å². The van der Waals surface area contributed by atoms with E-state index in [1.807, 2.05) is 36.4 Å². The van der Waals surface area contributed by atoms with Crippen LogP contribution in [0.5, 0.6) is 0 Å². The molecule has 1 aliphatic heterocycles. The topological polar surface area (TPSA) is 57.7 Å². The van der Waals surface area contributed by atoms with Crippen molar-refractivity contribution in [3.05, 3.63) is 42.0 Å². The number of benzene rings is 1. The second-order valence-electron chi connectivity index (χ2n) is 5.54. The average Bonchev–Trinajstić information content (AvgIpc) is 2.51. The van der Waals surface area contributed by atoms with E-state index in [4.69, 9.17) is 0 Å². The Morgan fingerprint density at radius 2 is 1.77 bits per heavy atom. The van der Waals surface area contributed by atoms with Crippen LogP contribution in [-0.4, -0.2) is 68.9 Å². The zero-order chi connectivity index (χ0) is 16.0. The minimum absolute atomic E-state index is 0.00613. The highest BCUT2D eigenvalue weighted by Gasteiger charge is 2.20. The molecule has 1 saturated heterocycles. The summed E-state index contributed by atoms with van der Waals surface area (Å²) in [5.74, 6) is 0.182. The first-order chi connectivity index (χ1) is 10.4. The van der Waals surface area contributed by atoms with Gasteiger partial charge in [-0.05, 0) is 11.6 Å². The molecule has 0 saturated carbocycles. The number of hydrogen-bond acceptors (Lipinski definition) is 4. The summed E-state index contributed by atoms with van der Waals surface area (Å²) in [4.78, 5) is 16.0. The Morgan fingerprint density at radius 3 is 2.36 bits per heavy atom. The molecule has 1 amide bonds. The van der Waals surface area contributed by atoms with Gasteiger partial charge in [-0.2, -0.15) is 0 Å². The molecular weight excluding hydrogens is 300 g/mol. The fourth-order valence-electron chi connectivity index (χ4n) is 2.32. The minimum Gasteiger partial charge on any atom is -0.337 e. The van der Waals surface area contributed by atoms with Crippen molar-refractivity contribution in [1.82, 2.24) is 9.80 Å². The fourth-order valence-corrected chi connectivity index (χ4v) is 2.91. The van der Waals surface area contributed by atoms with Crippen LogP contribution >= 0.6 is 0 Å². The number of hydrogen-bond donors (Lipinski definition) is 0. The smallest absolute Gasteiger partial charge is 0.246 e. The Bertz CT molecular complexity index is 618. The molecule has 0 N–H and O–H groups in total. The molecule has 0 unspecified atom stereocenters. The molecular formula is C16H22N2O3S. The van der Waals surface area contributed by atoms with Crippen molar-refractivity contribution >= 4 is 21.8 Å². The maximum atomic E-state index is 12.1. The van der Waals surface area contributed by atoms with Gasteiger partial charge in [0.15, 0.2) is 0 Å². The van der Waals surface area contributed by atoms with Crippen molar-refractivity contribution in [3.8, 4) is 0 Å². The van der Waals surface area contributed by atoms with Crippen LogP contribution in [0.4, 0.5) is 0 Å². The Balaban J connectivity index is 1.79. The molecule has 0 radical (unpaired) electrons. The first-order valence-electron chi connectivity index (χ1n) is 7.36. The summed E-state index contributed by atoms with van der Waals surface area (Å²) < 4.78 is 22.3. The molecule has 0 bridgehead atoms. The maximum absolute atomic E-state index is 12.1. The summed E-state index contributed by atoms with van der Waals surface area (Å²) in [7, 11) is -2.93. The normalized spacial score (nSPS) is 17.0. The first kappa shape index (κ1) is 16.7. The van der Waals surface area contributed by atoms with E-state index in [-0.39, 0.29) is 11.7 Å². The lowest BCUT2D eigenvalue weighted by Crippen LogP contribution is -2.49. The number of piperazine rings is 1. The van der Waals surface area contributed by atoms with E-state index in [0.29, 0.717) is 19.6 Å². The second-order valence-corrected chi connectivity index (χ2v) is 7.80. The zero-order valence-electron chi connectivity index (χ0n) is 12.8. The van der Waals surface area contributed by atoms with Crippen molar-refractivity contribution in [2.24, 2.45) is 0 Å². The molecule has 120 valence electrons. The number of amides is 1. The number of carbonyl (C=O) groups excluding carboxylic acids is 1. The number of rotatable bonds is 5. The molecule has 0 aromatic heterocycles. The summed E-state index contributed by atoms with van der Waals surface area (Å²) >= 11 is 0. The zero-order valence-corrected chi connectivity index (χ0v) is 13.6. The SMILES string of the molecule is CS(=O)(=O)CCN1CCN(C(=O)/C=C/c2ccccc2)CC1. The van der Waals surface area contributed by atoms with Crippen LogP contribution in [0.1, 0.15) is 5.56 Å². The summed E-state index contributed by atoms with van der Waals surface area (Å²) in [6, 6.07) is 9.71. The van der Waals surface area contributed by atoms with Gasteiger partial charge in [0.2, 0.25) is 5.91 Å². The highest BCUT2D eigenvalue weighted by molar-refractivity contribution is 7.90.